The molecule has 1 aliphatic rings. The minimum absolute atomic E-state index is 0.987. The number of nitrogens with zero attached hydrogens (tertiary/aromatic N) is 1. The van der Waals surface area contributed by atoms with E-state index in [4.69, 9.17) is 0 Å². The summed E-state index contributed by atoms with van der Waals surface area (Å²) in [5.74, 6) is 0. The normalized spacial score (nSPS) is 14.7. The zero-order chi connectivity index (χ0) is 16.8. The van der Waals surface area contributed by atoms with Gasteiger partial charge in [-0.1, -0.05) is 60.7 Å². The van der Waals surface area contributed by atoms with Crippen LogP contribution in [0.25, 0.3) is 39.5 Å². The van der Waals surface area contributed by atoms with Crippen LogP contribution in [0.1, 0.15) is 23.6 Å². The van der Waals surface area contributed by atoms with E-state index in [1.807, 2.05) is 0 Å². The van der Waals surface area contributed by atoms with Crippen molar-refractivity contribution in [1.82, 2.24) is 4.57 Å². The number of benzene rings is 3. The van der Waals surface area contributed by atoms with E-state index in [2.05, 4.69) is 96.4 Å². The largest absolute Gasteiger partial charge is 0.341 e. The molecule has 25 heavy (non-hydrogen) atoms. The lowest BCUT2D eigenvalue weighted by molar-refractivity contribution is 0.827. The van der Waals surface area contributed by atoms with Gasteiger partial charge >= 0.3 is 0 Å². The number of fused-ring (bicyclic) bond motifs is 4. The Bertz CT molecular complexity index is 1170. The summed E-state index contributed by atoms with van der Waals surface area (Å²) in [5, 5.41) is 2.67. The fourth-order valence-electron chi connectivity index (χ4n) is 3.98. The number of para-hydroxylation sites is 1. The average molecular weight is 321 g/mol. The van der Waals surface area contributed by atoms with Crippen LogP contribution in [-0.4, -0.2) is 4.57 Å². The molecule has 0 amide bonds. The first-order chi connectivity index (χ1) is 12.3. The van der Waals surface area contributed by atoms with Gasteiger partial charge in [-0.3, -0.25) is 0 Å². The van der Waals surface area contributed by atoms with E-state index >= 15 is 0 Å². The molecule has 5 rings (SSSR count). The molecule has 0 spiro atoms. The highest BCUT2D eigenvalue weighted by molar-refractivity contribution is 6.09. The summed E-state index contributed by atoms with van der Waals surface area (Å²) in [6.07, 6.45) is 6.70. The number of rotatable bonds is 2. The third-order valence-corrected chi connectivity index (χ3v) is 5.15. The van der Waals surface area contributed by atoms with Gasteiger partial charge in [0.25, 0.3) is 0 Å². The molecule has 0 saturated heterocycles. The highest BCUT2D eigenvalue weighted by Crippen LogP contribution is 2.33. The molecular weight excluding hydrogens is 302 g/mol. The van der Waals surface area contributed by atoms with Crippen molar-refractivity contribution in [2.45, 2.75) is 13.5 Å². The van der Waals surface area contributed by atoms with E-state index in [0.717, 1.165) is 6.54 Å². The molecule has 0 aliphatic heterocycles. The Morgan fingerprint density at radius 2 is 1.60 bits per heavy atom. The van der Waals surface area contributed by atoms with Crippen LogP contribution >= 0.6 is 0 Å². The van der Waals surface area contributed by atoms with Crippen LogP contribution < -0.4 is 0 Å². The van der Waals surface area contributed by atoms with E-state index in [1.54, 1.807) is 0 Å². The van der Waals surface area contributed by atoms with Gasteiger partial charge in [-0.15, -0.1) is 0 Å². The molecule has 0 bridgehead atoms. The first kappa shape index (κ1) is 14.3. The molecule has 0 unspecified atom stereocenters. The Morgan fingerprint density at radius 3 is 2.52 bits per heavy atom. The Kier molecular flexibility index (Phi) is 3.14. The van der Waals surface area contributed by atoms with Crippen LogP contribution in [0.5, 0.6) is 0 Å². The molecule has 0 fully saturated rings. The number of aryl methyl sites for hydroxylation is 1. The topological polar surface area (TPSA) is 4.93 Å². The summed E-state index contributed by atoms with van der Waals surface area (Å²) in [6, 6.07) is 24.1. The number of allylic oxidation sites excluding steroid dienone is 2. The Labute approximate surface area is 147 Å². The first-order valence-corrected chi connectivity index (χ1v) is 8.85. The highest BCUT2D eigenvalue weighted by Gasteiger charge is 2.11. The summed E-state index contributed by atoms with van der Waals surface area (Å²) in [4.78, 5) is 0. The van der Waals surface area contributed by atoms with Gasteiger partial charge in [0.15, 0.2) is 0 Å². The molecule has 0 N–H and O–H groups in total. The van der Waals surface area contributed by atoms with Gasteiger partial charge in [0, 0.05) is 28.4 Å². The van der Waals surface area contributed by atoms with Crippen molar-refractivity contribution in [2.24, 2.45) is 0 Å². The minimum atomic E-state index is 0.987. The SMILES string of the molecule is CCn1c2ccccc2c2cc(/C=C3/C=Cc4ccccc43)ccc21. The van der Waals surface area contributed by atoms with Crippen LogP contribution in [0.4, 0.5) is 0 Å². The Balaban J connectivity index is 1.71. The van der Waals surface area contributed by atoms with Gasteiger partial charge in [0.2, 0.25) is 0 Å². The monoisotopic (exact) mass is 321 g/mol. The zero-order valence-corrected chi connectivity index (χ0v) is 14.2. The molecule has 1 aromatic heterocycles. The van der Waals surface area contributed by atoms with Gasteiger partial charge in [0.05, 0.1) is 0 Å². The van der Waals surface area contributed by atoms with Gasteiger partial charge in [-0.05, 0) is 53.5 Å². The summed E-state index contributed by atoms with van der Waals surface area (Å²) >= 11 is 0. The fourth-order valence-corrected chi connectivity index (χ4v) is 3.98. The lowest BCUT2D eigenvalue weighted by Crippen LogP contribution is -1.92. The molecule has 0 radical (unpaired) electrons. The van der Waals surface area contributed by atoms with Crippen LogP contribution in [0.3, 0.4) is 0 Å². The standard InChI is InChI=1S/C24H19N/c1-2-25-23-10-6-5-9-21(23)22-16-17(11-14-24(22)25)15-19-13-12-18-7-3-4-8-20(18)19/h3-16H,2H2,1H3/b19-15-. The van der Waals surface area contributed by atoms with Gasteiger partial charge in [-0.25, -0.2) is 0 Å². The van der Waals surface area contributed by atoms with Crippen LogP contribution in [0.15, 0.2) is 72.8 Å². The zero-order valence-electron chi connectivity index (χ0n) is 14.2. The maximum Gasteiger partial charge on any atom is 0.0491 e. The lowest BCUT2D eigenvalue weighted by atomic mass is 10.0. The van der Waals surface area contributed by atoms with Crippen molar-refractivity contribution in [3.05, 3.63) is 89.5 Å². The van der Waals surface area contributed by atoms with Crippen molar-refractivity contribution < 1.29 is 0 Å². The molecule has 1 aliphatic carbocycles. The third kappa shape index (κ3) is 2.16. The van der Waals surface area contributed by atoms with Crippen LogP contribution in [-0.2, 0) is 6.54 Å². The van der Waals surface area contributed by atoms with Crippen molar-refractivity contribution in [3.63, 3.8) is 0 Å². The predicted molar refractivity (Wildman–Crippen MR) is 108 cm³/mol. The van der Waals surface area contributed by atoms with E-state index in [9.17, 15) is 0 Å². The Hall–Kier alpha value is -3.06. The summed E-state index contributed by atoms with van der Waals surface area (Å²) < 4.78 is 2.40. The maximum absolute atomic E-state index is 2.40. The molecule has 0 atom stereocenters. The predicted octanol–water partition coefficient (Wildman–Crippen LogP) is 6.38. The van der Waals surface area contributed by atoms with Gasteiger partial charge in [0.1, 0.15) is 0 Å². The van der Waals surface area contributed by atoms with E-state index in [0.29, 0.717) is 0 Å². The van der Waals surface area contributed by atoms with Gasteiger partial charge < -0.3 is 4.57 Å². The van der Waals surface area contributed by atoms with Crippen molar-refractivity contribution in [2.75, 3.05) is 0 Å². The summed E-state index contributed by atoms with van der Waals surface area (Å²) in [7, 11) is 0. The molecule has 120 valence electrons. The van der Waals surface area contributed by atoms with E-state index < -0.39 is 0 Å². The second kappa shape index (κ2) is 5.49. The van der Waals surface area contributed by atoms with Gasteiger partial charge in [-0.2, -0.15) is 0 Å². The summed E-state index contributed by atoms with van der Waals surface area (Å²) in [5.41, 5.74) is 7.79. The molecule has 3 aromatic carbocycles. The van der Waals surface area contributed by atoms with Crippen LogP contribution in [0, 0.1) is 0 Å². The average Bonchev–Trinajstić information content (AvgIpc) is 3.21. The van der Waals surface area contributed by atoms with Crippen molar-refractivity contribution in [1.29, 1.82) is 0 Å². The summed E-state index contributed by atoms with van der Waals surface area (Å²) in [6.45, 7) is 3.20. The van der Waals surface area contributed by atoms with Crippen LogP contribution in [0.2, 0.25) is 0 Å². The molecular formula is C24H19N. The molecule has 1 heterocycles. The fraction of sp³-hybridized carbons (Fsp3) is 0.0833. The highest BCUT2D eigenvalue weighted by atomic mass is 15.0. The number of hydrogen-bond acceptors (Lipinski definition) is 0. The number of aromatic nitrogens is 1. The molecule has 0 saturated carbocycles. The molecule has 4 aromatic rings. The number of hydrogen-bond donors (Lipinski definition) is 0. The van der Waals surface area contributed by atoms with Crippen molar-refractivity contribution in [3.8, 4) is 0 Å². The minimum Gasteiger partial charge on any atom is -0.341 e. The first-order valence-electron chi connectivity index (χ1n) is 8.85. The second-order valence-electron chi connectivity index (χ2n) is 6.56. The molecule has 1 nitrogen and oxygen atoms in total. The quantitative estimate of drug-likeness (QED) is 0.403. The molecule has 1 heteroatoms. The second-order valence-corrected chi connectivity index (χ2v) is 6.56. The smallest absolute Gasteiger partial charge is 0.0491 e. The van der Waals surface area contributed by atoms with E-state index in [1.165, 1.54) is 44.1 Å². The third-order valence-electron chi connectivity index (χ3n) is 5.15. The van der Waals surface area contributed by atoms with E-state index in [-0.39, 0.29) is 0 Å². The Morgan fingerprint density at radius 1 is 0.800 bits per heavy atom. The van der Waals surface area contributed by atoms with Crippen molar-refractivity contribution >= 4 is 39.5 Å². The lowest BCUT2D eigenvalue weighted by Gasteiger charge is -2.04. The maximum atomic E-state index is 2.40.